The van der Waals surface area contributed by atoms with Gasteiger partial charge in [0.05, 0.1) is 18.6 Å². The molecule has 3 N–H and O–H groups in total. The number of aryl methyl sites for hydroxylation is 1. The van der Waals surface area contributed by atoms with Crippen molar-refractivity contribution in [1.82, 2.24) is 34.6 Å². The number of nitrogens with zero attached hydrogens (tertiary/aromatic N) is 6. The fourth-order valence-corrected chi connectivity index (χ4v) is 5.14. The van der Waals surface area contributed by atoms with E-state index in [4.69, 9.17) is 10.8 Å². The highest BCUT2D eigenvalue weighted by Crippen LogP contribution is 2.32. The monoisotopic (exact) mass is 494 g/mol. The summed E-state index contributed by atoms with van der Waals surface area (Å²) in [4.78, 5) is 18.1. The number of benzene rings is 2. The van der Waals surface area contributed by atoms with Crippen LogP contribution in [0.5, 0.6) is 0 Å². The number of nitrogen functional groups attached to an aromatic ring is 1. The number of piperazine rings is 1. The van der Waals surface area contributed by atoms with E-state index in [0.29, 0.717) is 12.4 Å². The number of hydrogen-bond acceptors (Lipinski definition) is 6. The van der Waals surface area contributed by atoms with Gasteiger partial charge in [0, 0.05) is 35.9 Å². The molecule has 9 nitrogen and oxygen atoms in total. The van der Waals surface area contributed by atoms with Crippen LogP contribution >= 0.6 is 0 Å². The number of amides is 1. The standard InChI is InChI=1S/C28H30N8O/c29-28-27-24(21-9-10-22-17-35(33-25(22)14-21)16-20-6-2-1-3-7-20)15-23(36(27)32-19-31-28)8-4-5-12-34-13-11-30-26(37)18-34/h1-3,6-7,9-10,14-15,17,19H,4-5,8,11-13,16,18H2,(H,30,37)(H2,29,31,32). The van der Waals surface area contributed by atoms with Crippen LogP contribution in [0.3, 0.4) is 0 Å². The number of aromatic nitrogens is 5. The third kappa shape index (κ3) is 4.90. The highest BCUT2D eigenvalue weighted by Gasteiger charge is 2.18. The van der Waals surface area contributed by atoms with Crippen molar-refractivity contribution in [2.45, 2.75) is 25.8 Å². The largest absolute Gasteiger partial charge is 0.382 e. The van der Waals surface area contributed by atoms with Crippen molar-refractivity contribution >= 4 is 28.1 Å². The predicted octanol–water partition coefficient (Wildman–Crippen LogP) is 3.13. The molecule has 6 rings (SSSR count). The van der Waals surface area contributed by atoms with E-state index in [0.717, 1.165) is 78.7 Å². The third-order valence-corrected chi connectivity index (χ3v) is 6.98. The van der Waals surface area contributed by atoms with Crippen molar-refractivity contribution in [3.05, 3.63) is 78.4 Å². The van der Waals surface area contributed by atoms with E-state index in [1.807, 2.05) is 27.4 Å². The second kappa shape index (κ2) is 10.0. The molecule has 3 aromatic heterocycles. The molecular formula is C28H30N8O. The van der Waals surface area contributed by atoms with E-state index in [2.05, 4.69) is 62.9 Å². The van der Waals surface area contributed by atoms with E-state index in [1.54, 1.807) is 0 Å². The average molecular weight is 495 g/mol. The number of carbonyl (C=O) groups is 1. The molecule has 1 amide bonds. The summed E-state index contributed by atoms with van der Waals surface area (Å²) < 4.78 is 3.90. The molecule has 1 aliphatic heterocycles. The topological polar surface area (TPSA) is 106 Å². The van der Waals surface area contributed by atoms with Gasteiger partial charge in [0.15, 0.2) is 5.82 Å². The Morgan fingerprint density at radius 1 is 1.05 bits per heavy atom. The molecule has 1 aliphatic rings. The van der Waals surface area contributed by atoms with Crippen LogP contribution in [0.1, 0.15) is 24.1 Å². The van der Waals surface area contributed by atoms with Gasteiger partial charge in [-0.1, -0.05) is 42.5 Å². The molecule has 2 aromatic carbocycles. The van der Waals surface area contributed by atoms with Gasteiger partial charge in [-0.3, -0.25) is 14.4 Å². The minimum Gasteiger partial charge on any atom is -0.382 e. The Morgan fingerprint density at radius 3 is 2.81 bits per heavy atom. The molecule has 0 aliphatic carbocycles. The first-order valence-corrected chi connectivity index (χ1v) is 12.8. The maximum atomic E-state index is 11.6. The number of carbonyl (C=O) groups excluding carboxylic acids is 1. The zero-order valence-corrected chi connectivity index (χ0v) is 20.7. The molecule has 0 saturated carbocycles. The van der Waals surface area contributed by atoms with Crippen LogP contribution in [0, 0.1) is 0 Å². The summed E-state index contributed by atoms with van der Waals surface area (Å²) in [7, 11) is 0. The summed E-state index contributed by atoms with van der Waals surface area (Å²) in [5.41, 5.74) is 12.5. The molecule has 1 saturated heterocycles. The zero-order valence-electron chi connectivity index (χ0n) is 20.7. The van der Waals surface area contributed by atoms with E-state index in [-0.39, 0.29) is 5.91 Å². The summed E-state index contributed by atoms with van der Waals surface area (Å²) in [5, 5.41) is 13.3. The van der Waals surface area contributed by atoms with E-state index in [9.17, 15) is 4.79 Å². The van der Waals surface area contributed by atoms with Crippen LogP contribution in [-0.4, -0.2) is 61.4 Å². The highest BCUT2D eigenvalue weighted by atomic mass is 16.2. The molecule has 37 heavy (non-hydrogen) atoms. The Morgan fingerprint density at radius 2 is 1.95 bits per heavy atom. The molecule has 0 unspecified atom stereocenters. The van der Waals surface area contributed by atoms with E-state index < -0.39 is 0 Å². The van der Waals surface area contributed by atoms with Gasteiger partial charge in [-0.25, -0.2) is 9.50 Å². The summed E-state index contributed by atoms with van der Waals surface area (Å²) in [6, 6.07) is 18.9. The van der Waals surface area contributed by atoms with Crippen LogP contribution in [0.15, 0.2) is 67.1 Å². The van der Waals surface area contributed by atoms with Crippen LogP contribution < -0.4 is 11.1 Å². The highest BCUT2D eigenvalue weighted by molar-refractivity contribution is 5.92. The van der Waals surface area contributed by atoms with Crippen LogP contribution in [0.2, 0.25) is 0 Å². The lowest BCUT2D eigenvalue weighted by Gasteiger charge is -2.26. The lowest BCUT2D eigenvalue weighted by atomic mass is 10.0. The van der Waals surface area contributed by atoms with Crippen molar-refractivity contribution in [2.75, 3.05) is 31.9 Å². The fourth-order valence-electron chi connectivity index (χ4n) is 5.14. The molecule has 0 atom stereocenters. The first kappa shape index (κ1) is 23.2. The van der Waals surface area contributed by atoms with Crippen molar-refractivity contribution in [2.24, 2.45) is 0 Å². The van der Waals surface area contributed by atoms with Gasteiger partial charge in [-0.2, -0.15) is 10.2 Å². The van der Waals surface area contributed by atoms with Gasteiger partial charge >= 0.3 is 0 Å². The molecule has 188 valence electrons. The minimum absolute atomic E-state index is 0.113. The normalized spacial score (nSPS) is 14.4. The number of nitrogens with two attached hydrogens (primary N) is 1. The van der Waals surface area contributed by atoms with Gasteiger partial charge in [-0.15, -0.1) is 0 Å². The van der Waals surface area contributed by atoms with Crippen LogP contribution in [0.25, 0.3) is 27.5 Å². The Hall–Kier alpha value is -4.24. The van der Waals surface area contributed by atoms with Crippen LogP contribution in [0.4, 0.5) is 5.82 Å². The predicted molar refractivity (Wildman–Crippen MR) is 144 cm³/mol. The quantitative estimate of drug-likeness (QED) is 0.321. The average Bonchev–Trinajstić information content (AvgIpc) is 3.48. The second-order valence-electron chi connectivity index (χ2n) is 9.62. The first-order chi connectivity index (χ1) is 18.1. The smallest absolute Gasteiger partial charge is 0.234 e. The summed E-state index contributed by atoms with van der Waals surface area (Å²) >= 11 is 0. The Labute approximate surface area is 214 Å². The van der Waals surface area contributed by atoms with Gasteiger partial charge in [0.2, 0.25) is 5.91 Å². The third-order valence-electron chi connectivity index (χ3n) is 6.98. The maximum Gasteiger partial charge on any atom is 0.234 e. The number of anilines is 1. The SMILES string of the molecule is Nc1ncnn2c(CCCCN3CCNC(=O)C3)cc(-c3ccc4cn(Cc5ccccc5)nc4c3)c12. The van der Waals surface area contributed by atoms with Crippen molar-refractivity contribution in [3.8, 4) is 11.1 Å². The molecule has 0 radical (unpaired) electrons. The summed E-state index contributed by atoms with van der Waals surface area (Å²) in [6.07, 6.45) is 6.47. The fraction of sp³-hybridized carbons (Fsp3) is 0.286. The molecule has 5 aromatic rings. The van der Waals surface area contributed by atoms with Crippen molar-refractivity contribution < 1.29 is 4.79 Å². The second-order valence-corrected chi connectivity index (χ2v) is 9.62. The number of hydrogen-bond donors (Lipinski definition) is 2. The van der Waals surface area contributed by atoms with Gasteiger partial charge in [0.1, 0.15) is 11.8 Å². The van der Waals surface area contributed by atoms with E-state index in [1.165, 1.54) is 11.9 Å². The molecule has 1 fully saturated rings. The molecule has 9 heteroatoms. The lowest BCUT2D eigenvalue weighted by molar-refractivity contribution is -0.124. The van der Waals surface area contributed by atoms with Gasteiger partial charge < -0.3 is 11.1 Å². The van der Waals surface area contributed by atoms with Gasteiger partial charge in [-0.05, 0) is 49.1 Å². The van der Waals surface area contributed by atoms with Crippen molar-refractivity contribution in [3.63, 3.8) is 0 Å². The number of nitrogens with one attached hydrogen (secondary N) is 1. The summed E-state index contributed by atoms with van der Waals surface area (Å²) in [5.74, 6) is 0.577. The maximum absolute atomic E-state index is 11.6. The first-order valence-electron chi connectivity index (χ1n) is 12.8. The number of unbranched alkanes of at least 4 members (excludes halogenated alkanes) is 1. The Bertz CT molecular complexity index is 1560. The Kier molecular flexibility index (Phi) is 6.28. The molecular weight excluding hydrogens is 464 g/mol. The molecule has 4 heterocycles. The summed E-state index contributed by atoms with van der Waals surface area (Å²) in [6.45, 7) is 3.79. The van der Waals surface area contributed by atoms with Gasteiger partial charge in [0.25, 0.3) is 0 Å². The van der Waals surface area contributed by atoms with E-state index >= 15 is 0 Å². The molecule has 0 spiro atoms. The Balaban J connectivity index is 1.24. The minimum atomic E-state index is 0.113. The number of rotatable bonds is 8. The van der Waals surface area contributed by atoms with Crippen molar-refractivity contribution in [1.29, 1.82) is 0 Å². The number of fused-ring (bicyclic) bond motifs is 2. The molecule has 0 bridgehead atoms. The zero-order chi connectivity index (χ0) is 25.2. The van der Waals surface area contributed by atoms with Crippen LogP contribution in [-0.2, 0) is 17.8 Å². The lowest BCUT2D eigenvalue weighted by Crippen LogP contribution is -2.47.